The van der Waals surface area contributed by atoms with Crippen molar-refractivity contribution in [3.05, 3.63) is 93.4 Å². The van der Waals surface area contributed by atoms with Crippen molar-refractivity contribution < 1.29 is 9.69 Å². The Labute approximate surface area is 181 Å². The van der Waals surface area contributed by atoms with E-state index < -0.39 is 0 Å². The highest BCUT2D eigenvalue weighted by Crippen LogP contribution is 2.37. The first-order valence-electron chi connectivity index (χ1n) is 10.5. The molecule has 0 aliphatic carbocycles. The first-order chi connectivity index (χ1) is 14.7. The van der Waals surface area contributed by atoms with Crippen molar-refractivity contribution in [3.63, 3.8) is 0 Å². The summed E-state index contributed by atoms with van der Waals surface area (Å²) >= 11 is 1.76. The van der Waals surface area contributed by atoms with E-state index in [0.29, 0.717) is 0 Å². The van der Waals surface area contributed by atoms with E-state index in [1.54, 1.807) is 16.2 Å². The van der Waals surface area contributed by atoms with Gasteiger partial charge < -0.3 is 15.5 Å². The first kappa shape index (κ1) is 19.1. The highest BCUT2D eigenvalue weighted by Gasteiger charge is 2.34. The number of nitrogens with one attached hydrogen (secondary N) is 3. The summed E-state index contributed by atoms with van der Waals surface area (Å²) in [6.45, 7) is 5.15. The molecule has 30 heavy (non-hydrogen) atoms. The van der Waals surface area contributed by atoms with Gasteiger partial charge in [0.1, 0.15) is 24.3 Å². The van der Waals surface area contributed by atoms with Gasteiger partial charge in [-0.2, -0.15) is 0 Å². The number of carbonyl (C=O) groups excluding carboxylic acids is 1. The molecule has 2 atom stereocenters. The number of rotatable bonds is 4. The van der Waals surface area contributed by atoms with E-state index in [1.807, 2.05) is 18.2 Å². The maximum atomic E-state index is 13.0. The average molecular weight is 417 g/mol. The van der Waals surface area contributed by atoms with Gasteiger partial charge in [-0.15, -0.1) is 11.3 Å². The van der Waals surface area contributed by atoms with Gasteiger partial charge in [-0.25, -0.2) is 0 Å². The second-order valence-corrected chi connectivity index (χ2v) is 9.25. The van der Waals surface area contributed by atoms with E-state index in [-0.39, 0.29) is 12.1 Å². The standard InChI is InChI=1S/C25H25N3OS/c1-17(14-18-8-4-2-5-9-18)23-26-24(29)22-20-12-13-28(15-19-10-6-3-7-11-19)16-21(20)30-25(22)27-23/h2-11,14,23,27H,12-13,15-16H2,1H3,(H,26,29)/p+1/b17-14-/t23-/m1/s1. The van der Waals surface area contributed by atoms with E-state index in [4.69, 9.17) is 0 Å². The fourth-order valence-corrected chi connectivity index (χ4v) is 5.75. The molecule has 0 bridgehead atoms. The topological polar surface area (TPSA) is 45.6 Å². The summed E-state index contributed by atoms with van der Waals surface area (Å²) in [6, 6.07) is 20.9. The fourth-order valence-electron chi connectivity index (χ4n) is 4.41. The molecule has 0 fully saturated rings. The van der Waals surface area contributed by atoms with Crippen molar-refractivity contribution in [2.45, 2.75) is 32.6 Å². The molecule has 5 heteroatoms. The largest absolute Gasteiger partial charge is 0.353 e. The molecular formula is C25H26N3OS+. The molecule has 3 aromatic rings. The zero-order valence-electron chi connectivity index (χ0n) is 17.1. The van der Waals surface area contributed by atoms with E-state index >= 15 is 0 Å². The molecule has 3 heterocycles. The lowest BCUT2D eigenvalue weighted by atomic mass is 10.00. The lowest BCUT2D eigenvalue weighted by molar-refractivity contribution is -0.929. The van der Waals surface area contributed by atoms with Crippen LogP contribution in [0.15, 0.2) is 66.2 Å². The van der Waals surface area contributed by atoms with Crippen LogP contribution < -0.4 is 15.5 Å². The predicted octanol–water partition coefficient (Wildman–Crippen LogP) is 3.47. The third kappa shape index (κ3) is 3.78. The van der Waals surface area contributed by atoms with Gasteiger partial charge in [-0.05, 0) is 23.6 Å². The number of anilines is 1. The van der Waals surface area contributed by atoms with Crippen LogP contribution in [0.5, 0.6) is 0 Å². The minimum absolute atomic E-state index is 0.0542. The first-order valence-corrected chi connectivity index (χ1v) is 11.3. The number of carbonyl (C=O) groups is 1. The second-order valence-electron chi connectivity index (χ2n) is 8.15. The van der Waals surface area contributed by atoms with Gasteiger partial charge in [0.2, 0.25) is 0 Å². The van der Waals surface area contributed by atoms with E-state index in [1.165, 1.54) is 16.0 Å². The van der Waals surface area contributed by atoms with Crippen LogP contribution in [0.3, 0.4) is 0 Å². The summed E-state index contributed by atoms with van der Waals surface area (Å²) in [7, 11) is 0. The van der Waals surface area contributed by atoms with Gasteiger partial charge in [-0.3, -0.25) is 4.79 Å². The molecular weight excluding hydrogens is 390 g/mol. The fraction of sp³-hybridized carbons (Fsp3) is 0.240. The molecule has 1 amide bonds. The summed E-state index contributed by atoms with van der Waals surface area (Å²) in [4.78, 5) is 15.9. The minimum atomic E-state index is -0.168. The Hall–Kier alpha value is -2.89. The van der Waals surface area contributed by atoms with Crippen molar-refractivity contribution in [1.29, 1.82) is 0 Å². The highest BCUT2D eigenvalue weighted by atomic mass is 32.1. The van der Waals surface area contributed by atoms with Gasteiger partial charge >= 0.3 is 0 Å². The second kappa shape index (κ2) is 8.09. The smallest absolute Gasteiger partial charge is 0.256 e. The molecule has 2 aliphatic heterocycles. The Morgan fingerprint density at radius 3 is 2.60 bits per heavy atom. The van der Waals surface area contributed by atoms with E-state index in [2.05, 4.69) is 66.1 Å². The maximum absolute atomic E-state index is 13.0. The lowest BCUT2D eigenvalue weighted by Gasteiger charge is -2.28. The van der Waals surface area contributed by atoms with Crippen molar-refractivity contribution in [2.24, 2.45) is 0 Å². The maximum Gasteiger partial charge on any atom is 0.256 e. The summed E-state index contributed by atoms with van der Waals surface area (Å²) in [6.07, 6.45) is 2.92. The molecule has 1 aromatic heterocycles. The van der Waals surface area contributed by atoms with Crippen LogP contribution in [-0.2, 0) is 19.5 Å². The van der Waals surface area contributed by atoms with Crippen LogP contribution in [0, 0.1) is 0 Å². The minimum Gasteiger partial charge on any atom is -0.353 e. The van der Waals surface area contributed by atoms with Crippen LogP contribution in [0.25, 0.3) is 6.08 Å². The lowest BCUT2D eigenvalue weighted by Crippen LogP contribution is -3.10. The Morgan fingerprint density at radius 1 is 1.10 bits per heavy atom. The molecule has 0 saturated heterocycles. The Morgan fingerprint density at radius 2 is 1.83 bits per heavy atom. The van der Waals surface area contributed by atoms with Crippen molar-refractivity contribution in [2.75, 3.05) is 11.9 Å². The van der Waals surface area contributed by atoms with Crippen molar-refractivity contribution in [3.8, 4) is 0 Å². The molecule has 152 valence electrons. The SMILES string of the molecule is C/C(=C/c1ccccc1)[C@@H]1NC(=O)c2c(sc3c2CC[NH+](Cc2ccccc2)C3)N1. The molecule has 4 nitrogen and oxygen atoms in total. The molecule has 2 aromatic carbocycles. The van der Waals surface area contributed by atoms with Gasteiger partial charge in [0.15, 0.2) is 0 Å². The zero-order chi connectivity index (χ0) is 20.5. The number of fused-ring (bicyclic) bond motifs is 3. The highest BCUT2D eigenvalue weighted by molar-refractivity contribution is 7.16. The van der Waals surface area contributed by atoms with Gasteiger partial charge in [0.25, 0.3) is 5.91 Å². The van der Waals surface area contributed by atoms with Gasteiger partial charge in [-0.1, -0.05) is 66.7 Å². The van der Waals surface area contributed by atoms with Gasteiger partial charge in [0, 0.05) is 12.0 Å². The Bertz CT molecular complexity index is 1090. The van der Waals surface area contributed by atoms with Crippen LogP contribution in [0.1, 0.15) is 38.8 Å². The quantitative estimate of drug-likeness (QED) is 0.610. The summed E-state index contributed by atoms with van der Waals surface area (Å²) in [5.74, 6) is 0.0542. The van der Waals surface area contributed by atoms with Crippen LogP contribution in [0.4, 0.5) is 5.00 Å². The number of thiophene rings is 1. The van der Waals surface area contributed by atoms with Crippen LogP contribution in [0.2, 0.25) is 0 Å². The summed E-state index contributed by atoms with van der Waals surface area (Å²) < 4.78 is 0. The summed E-state index contributed by atoms with van der Waals surface area (Å²) in [5.41, 5.74) is 5.73. The van der Waals surface area contributed by atoms with E-state index in [9.17, 15) is 4.79 Å². The predicted molar refractivity (Wildman–Crippen MR) is 123 cm³/mol. The number of hydrogen-bond acceptors (Lipinski definition) is 3. The Balaban J connectivity index is 1.35. The molecule has 0 spiro atoms. The Kier molecular flexibility index (Phi) is 5.15. The summed E-state index contributed by atoms with van der Waals surface area (Å²) in [5, 5.41) is 7.76. The molecule has 2 aliphatic rings. The van der Waals surface area contributed by atoms with Crippen molar-refractivity contribution in [1.82, 2.24) is 5.32 Å². The third-order valence-corrected chi connectivity index (χ3v) is 7.12. The van der Waals surface area contributed by atoms with Gasteiger partial charge in [0.05, 0.1) is 17.0 Å². The average Bonchev–Trinajstić information content (AvgIpc) is 3.13. The number of amides is 1. The number of benzene rings is 2. The third-order valence-electron chi connectivity index (χ3n) is 5.95. The molecule has 0 saturated carbocycles. The van der Waals surface area contributed by atoms with Crippen LogP contribution >= 0.6 is 11.3 Å². The zero-order valence-corrected chi connectivity index (χ0v) is 17.9. The molecule has 1 unspecified atom stereocenters. The number of hydrogen-bond donors (Lipinski definition) is 3. The van der Waals surface area contributed by atoms with E-state index in [0.717, 1.165) is 47.8 Å². The number of quaternary nitrogens is 1. The normalized spacial score (nSPS) is 20.7. The van der Waals surface area contributed by atoms with Crippen molar-refractivity contribution >= 4 is 28.3 Å². The molecule has 5 rings (SSSR count). The molecule has 3 N–H and O–H groups in total. The monoisotopic (exact) mass is 416 g/mol. The van der Waals surface area contributed by atoms with Crippen LogP contribution in [-0.4, -0.2) is 18.6 Å². The molecule has 0 radical (unpaired) electrons.